The highest BCUT2D eigenvalue weighted by Gasteiger charge is 2.26. The number of benzene rings is 1. The van der Waals surface area contributed by atoms with Crippen LogP contribution in [0.4, 0.5) is 0 Å². The maximum atomic E-state index is 9.60. The second kappa shape index (κ2) is 9.83. The highest BCUT2D eigenvalue weighted by molar-refractivity contribution is 5.27. The van der Waals surface area contributed by atoms with E-state index in [1.807, 2.05) is 24.4 Å². The minimum absolute atomic E-state index is 0.241. The van der Waals surface area contributed by atoms with E-state index < -0.39 is 0 Å². The van der Waals surface area contributed by atoms with Crippen molar-refractivity contribution in [2.24, 2.45) is 0 Å². The topological polar surface area (TPSA) is 44.5 Å². The van der Waals surface area contributed by atoms with Gasteiger partial charge in [0.1, 0.15) is 5.82 Å². The molecule has 1 N–H and O–H groups in total. The fourth-order valence-corrected chi connectivity index (χ4v) is 4.23. The predicted octanol–water partition coefficient (Wildman–Crippen LogP) is 2.98. The molecular weight excluding hydrogens is 360 g/mol. The van der Waals surface area contributed by atoms with Crippen molar-refractivity contribution in [3.8, 4) is 5.82 Å². The summed E-state index contributed by atoms with van der Waals surface area (Å²) in [5.41, 5.74) is 2.63. The zero-order chi connectivity index (χ0) is 19.9. The molecule has 5 nitrogen and oxygen atoms in total. The van der Waals surface area contributed by atoms with Crippen LogP contribution in [0.1, 0.15) is 17.7 Å². The maximum absolute atomic E-state index is 9.60. The highest BCUT2D eigenvalue weighted by atomic mass is 16.3. The molecule has 1 saturated heterocycles. The predicted molar refractivity (Wildman–Crippen MR) is 116 cm³/mol. The van der Waals surface area contributed by atoms with Gasteiger partial charge in [-0.2, -0.15) is 0 Å². The van der Waals surface area contributed by atoms with Crippen molar-refractivity contribution in [2.45, 2.75) is 25.4 Å². The Morgan fingerprint density at radius 2 is 1.83 bits per heavy atom. The van der Waals surface area contributed by atoms with Gasteiger partial charge in [-0.05, 0) is 42.7 Å². The number of rotatable bonds is 8. The standard InChI is InChI=1S/C24H30N4O/c29-18-12-22-19-26(16-17-27(22)15-11-21-7-2-1-3-8-21)20-23-9-6-14-28(23)24-10-4-5-13-25-24/h1-10,13-14,22,29H,11-12,15-20H2/t22-/m0/s1. The Labute approximate surface area is 173 Å². The van der Waals surface area contributed by atoms with Crippen LogP contribution in [0.5, 0.6) is 0 Å². The third-order valence-electron chi connectivity index (χ3n) is 5.80. The Morgan fingerprint density at radius 1 is 0.966 bits per heavy atom. The van der Waals surface area contributed by atoms with Crippen molar-refractivity contribution in [1.29, 1.82) is 0 Å². The Bertz CT molecular complexity index is 865. The SMILES string of the molecule is OCC[C@H]1CN(Cc2cccn2-c2ccccn2)CCN1CCc1ccccc1. The lowest BCUT2D eigenvalue weighted by molar-refractivity contribution is 0.0553. The van der Waals surface area contributed by atoms with E-state index in [1.165, 1.54) is 11.3 Å². The Balaban J connectivity index is 1.38. The van der Waals surface area contributed by atoms with Crippen molar-refractivity contribution in [3.05, 3.63) is 84.3 Å². The van der Waals surface area contributed by atoms with Gasteiger partial charge in [-0.1, -0.05) is 36.4 Å². The van der Waals surface area contributed by atoms with Gasteiger partial charge < -0.3 is 9.67 Å². The smallest absolute Gasteiger partial charge is 0.136 e. The summed E-state index contributed by atoms with van der Waals surface area (Å²) in [5.74, 6) is 0.959. The second-order valence-electron chi connectivity index (χ2n) is 7.73. The number of hydrogen-bond acceptors (Lipinski definition) is 4. The molecule has 0 spiro atoms. The normalized spacial score (nSPS) is 18.2. The van der Waals surface area contributed by atoms with E-state index in [1.54, 1.807) is 0 Å². The van der Waals surface area contributed by atoms with Crippen molar-refractivity contribution >= 4 is 0 Å². The molecule has 152 valence electrons. The summed E-state index contributed by atoms with van der Waals surface area (Å²) < 4.78 is 2.17. The molecule has 29 heavy (non-hydrogen) atoms. The van der Waals surface area contributed by atoms with Gasteiger partial charge in [0.2, 0.25) is 0 Å². The van der Waals surface area contributed by atoms with E-state index in [0.717, 1.165) is 51.4 Å². The maximum Gasteiger partial charge on any atom is 0.136 e. The van der Waals surface area contributed by atoms with Crippen LogP contribution in [0, 0.1) is 0 Å². The van der Waals surface area contributed by atoms with Crippen LogP contribution in [0.3, 0.4) is 0 Å². The summed E-state index contributed by atoms with van der Waals surface area (Å²) in [6.45, 7) is 5.27. The number of aliphatic hydroxyl groups is 1. The van der Waals surface area contributed by atoms with Crippen LogP contribution < -0.4 is 0 Å². The van der Waals surface area contributed by atoms with Crippen LogP contribution in [0.25, 0.3) is 5.82 Å². The average molecular weight is 391 g/mol. The summed E-state index contributed by atoms with van der Waals surface area (Å²) in [6, 6.07) is 21.3. The Morgan fingerprint density at radius 3 is 2.62 bits per heavy atom. The minimum Gasteiger partial charge on any atom is -0.396 e. The van der Waals surface area contributed by atoms with Gasteiger partial charge in [-0.15, -0.1) is 0 Å². The van der Waals surface area contributed by atoms with Crippen molar-refractivity contribution in [3.63, 3.8) is 0 Å². The fourth-order valence-electron chi connectivity index (χ4n) is 4.23. The molecule has 1 atom stereocenters. The molecule has 1 aliphatic heterocycles. The molecule has 0 aliphatic carbocycles. The number of hydrogen-bond donors (Lipinski definition) is 1. The van der Waals surface area contributed by atoms with Crippen molar-refractivity contribution < 1.29 is 5.11 Å². The van der Waals surface area contributed by atoms with Gasteiger partial charge in [0, 0.05) is 63.5 Å². The van der Waals surface area contributed by atoms with Crippen molar-refractivity contribution in [1.82, 2.24) is 19.4 Å². The molecule has 0 bridgehead atoms. The molecule has 1 aliphatic rings. The van der Waals surface area contributed by atoms with Gasteiger partial charge in [-0.25, -0.2) is 4.98 Å². The van der Waals surface area contributed by atoms with Gasteiger partial charge in [0.25, 0.3) is 0 Å². The van der Waals surface area contributed by atoms with Gasteiger partial charge >= 0.3 is 0 Å². The van der Waals surface area contributed by atoms with Crippen LogP contribution in [-0.2, 0) is 13.0 Å². The number of nitrogens with zero attached hydrogens (tertiary/aromatic N) is 4. The lowest BCUT2D eigenvalue weighted by Gasteiger charge is -2.41. The molecule has 0 unspecified atom stereocenters. The third-order valence-corrected chi connectivity index (χ3v) is 5.80. The molecule has 1 fully saturated rings. The van der Waals surface area contributed by atoms with E-state index in [4.69, 9.17) is 0 Å². The highest BCUT2D eigenvalue weighted by Crippen LogP contribution is 2.18. The first-order valence-electron chi connectivity index (χ1n) is 10.5. The van der Waals surface area contributed by atoms with E-state index in [2.05, 4.69) is 68.0 Å². The summed E-state index contributed by atoms with van der Waals surface area (Å²) in [5, 5.41) is 9.60. The van der Waals surface area contributed by atoms with Gasteiger partial charge in [0.15, 0.2) is 0 Å². The first-order valence-corrected chi connectivity index (χ1v) is 10.5. The number of aromatic nitrogens is 2. The Hall–Kier alpha value is -2.47. The summed E-state index contributed by atoms with van der Waals surface area (Å²) >= 11 is 0. The van der Waals surface area contributed by atoms with Gasteiger partial charge in [-0.3, -0.25) is 9.80 Å². The number of piperazine rings is 1. The number of aliphatic hydroxyl groups excluding tert-OH is 1. The molecular formula is C24H30N4O. The molecule has 1 aromatic carbocycles. The molecule has 0 amide bonds. The zero-order valence-electron chi connectivity index (χ0n) is 16.9. The van der Waals surface area contributed by atoms with Crippen LogP contribution in [-0.4, -0.2) is 63.3 Å². The van der Waals surface area contributed by atoms with Crippen LogP contribution >= 0.6 is 0 Å². The molecule has 0 saturated carbocycles. The monoisotopic (exact) mass is 390 g/mol. The largest absolute Gasteiger partial charge is 0.396 e. The van der Waals surface area contributed by atoms with Crippen molar-refractivity contribution in [2.75, 3.05) is 32.8 Å². The third kappa shape index (κ3) is 5.12. The summed E-state index contributed by atoms with van der Waals surface area (Å²) in [4.78, 5) is 9.55. The van der Waals surface area contributed by atoms with Gasteiger partial charge in [0.05, 0.1) is 0 Å². The minimum atomic E-state index is 0.241. The van der Waals surface area contributed by atoms with E-state index >= 15 is 0 Å². The van der Waals surface area contributed by atoms with E-state index in [-0.39, 0.29) is 6.61 Å². The first-order chi connectivity index (χ1) is 14.3. The second-order valence-corrected chi connectivity index (χ2v) is 7.73. The molecule has 2 aromatic heterocycles. The molecule has 4 rings (SSSR count). The fraction of sp³-hybridized carbons (Fsp3) is 0.375. The summed E-state index contributed by atoms with van der Waals surface area (Å²) in [6.07, 6.45) is 5.80. The molecule has 5 heteroatoms. The van der Waals surface area contributed by atoms with Crippen LogP contribution in [0.15, 0.2) is 73.1 Å². The molecule has 0 radical (unpaired) electrons. The zero-order valence-corrected chi connectivity index (χ0v) is 16.9. The number of pyridine rings is 1. The lowest BCUT2D eigenvalue weighted by Crippen LogP contribution is -2.53. The lowest BCUT2D eigenvalue weighted by atomic mass is 10.1. The Kier molecular flexibility index (Phi) is 6.72. The van der Waals surface area contributed by atoms with E-state index in [0.29, 0.717) is 6.04 Å². The van der Waals surface area contributed by atoms with E-state index in [9.17, 15) is 5.11 Å². The molecule has 3 heterocycles. The average Bonchev–Trinajstić information content (AvgIpc) is 3.23. The summed E-state index contributed by atoms with van der Waals surface area (Å²) in [7, 11) is 0. The first kappa shape index (κ1) is 19.8. The van der Waals surface area contributed by atoms with Crippen LogP contribution in [0.2, 0.25) is 0 Å². The quantitative estimate of drug-likeness (QED) is 0.642. The molecule has 3 aromatic rings.